The van der Waals surface area contributed by atoms with Gasteiger partial charge >= 0.3 is 11.9 Å². The lowest BCUT2D eigenvalue weighted by molar-refractivity contribution is -0.139. The Kier molecular flexibility index (Phi) is 8.23. The topological polar surface area (TPSA) is 94.2 Å². The van der Waals surface area contributed by atoms with Gasteiger partial charge in [-0.1, -0.05) is 35.9 Å². The molecule has 8 heteroatoms. The number of para-hydroxylation sites is 1. The van der Waals surface area contributed by atoms with E-state index in [1.54, 1.807) is 42.6 Å². The number of hydrogen-bond donors (Lipinski definition) is 1. The number of esters is 2. The van der Waals surface area contributed by atoms with Crippen molar-refractivity contribution in [3.05, 3.63) is 95.4 Å². The maximum Gasteiger partial charge on any atom is 0.355 e. The fraction of sp³-hybridized carbons (Fsp3) is 0.192. The molecule has 0 saturated heterocycles. The molecule has 3 rings (SSSR count). The van der Waals surface area contributed by atoms with Gasteiger partial charge in [0.05, 0.1) is 37.6 Å². The van der Waals surface area contributed by atoms with E-state index < -0.39 is 11.9 Å². The molecule has 1 heterocycles. The zero-order valence-electron chi connectivity index (χ0n) is 19.2. The summed E-state index contributed by atoms with van der Waals surface area (Å²) in [6, 6.07) is 14.4. The van der Waals surface area contributed by atoms with Crippen molar-refractivity contribution in [1.82, 2.24) is 5.32 Å². The Hall–Kier alpha value is -4.33. The van der Waals surface area contributed by atoms with Gasteiger partial charge in [0.2, 0.25) is 0 Å². The zero-order valence-corrected chi connectivity index (χ0v) is 19.2. The molecular formula is C26H26N2O6. The molecule has 0 fully saturated rings. The van der Waals surface area contributed by atoms with E-state index in [4.69, 9.17) is 14.2 Å². The van der Waals surface area contributed by atoms with Crippen LogP contribution in [0.2, 0.25) is 0 Å². The van der Waals surface area contributed by atoms with Gasteiger partial charge in [0.25, 0.3) is 5.91 Å². The van der Waals surface area contributed by atoms with Crippen LogP contribution in [-0.2, 0) is 19.1 Å². The highest BCUT2D eigenvalue weighted by atomic mass is 16.5. The Balaban J connectivity index is 1.83. The van der Waals surface area contributed by atoms with Crippen molar-refractivity contribution in [1.29, 1.82) is 0 Å². The van der Waals surface area contributed by atoms with Crippen molar-refractivity contribution < 1.29 is 28.6 Å². The number of amides is 1. The number of benzene rings is 2. The summed E-state index contributed by atoms with van der Waals surface area (Å²) >= 11 is 0. The Morgan fingerprint density at radius 3 is 2.32 bits per heavy atom. The van der Waals surface area contributed by atoms with Crippen LogP contribution in [0.5, 0.6) is 5.75 Å². The standard InChI is InChI=1S/C26H26N2O6/c1-18-11-13-19(14-12-18)34-17-15-27-24(29)20-8-4-5-10-22(20)28-16-7-6-9-21(25(30)32-2)23(28)26(31)33-3/h4-14,16H,15,17H2,1-3H3,(H,27,29). The summed E-state index contributed by atoms with van der Waals surface area (Å²) in [5.41, 5.74) is 1.75. The molecule has 0 spiro atoms. The van der Waals surface area contributed by atoms with E-state index in [9.17, 15) is 14.4 Å². The molecule has 0 aliphatic carbocycles. The molecular weight excluding hydrogens is 436 g/mol. The molecule has 1 N–H and O–H groups in total. The van der Waals surface area contributed by atoms with Crippen molar-refractivity contribution in [3.8, 4) is 5.75 Å². The van der Waals surface area contributed by atoms with E-state index >= 15 is 0 Å². The first-order valence-corrected chi connectivity index (χ1v) is 10.6. The molecule has 0 aromatic heterocycles. The molecule has 0 unspecified atom stereocenters. The van der Waals surface area contributed by atoms with Crippen LogP contribution in [0.3, 0.4) is 0 Å². The molecule has 8 nitrogen and oxygen atoms in total. The SMILES string of the molecule is COC(=O)C1=C(C(=O)OC)N(c2ccccc2C(=O)NCCOc2ccc(C)cc2)C=CC=C1. The molecule has 0 atom stereocenters. The van der Waals surface area contributed by atoms with Crippen LogP contribution in [0.15, 0.2) is 84.2 Å². The van der Waals surface area contributed by atoms with Crippen LogP contribution in [0.4, 0.5) is 5.69 Å². The minimum atomic E-state index is -0.752. The van der Waals surface area contributed by atoms with Gasteiger partial charge in [0.1, 0.15) is 18.1 Å². The average molecular weight is 463 g/mol. The molecule has 0 radical (unpaired) electrons. The van der Waals surface area contributed by atoms with Crippen LogP contribution in [0.1, 0.15) is 15.9 Å². The second-order valence-electron chi connectivity index (χ2n) is 7.25. The number of anilines is 1. The van der Waals surface area contributed by atoms with Crippen LogP contribution in [0, 0.1) is 6.92 Å². The number of ether oxygens (including phenoxy) is 3. The minimum Gasteiger partial charge on any atom is -0.492 e. The Morgan fingerprint density at radius 2 is 1.62 bits per heavy atom. The quantitative estimate of drug-likeness (QED) is 0.475. The summed E-state index contributed by atoms with van der Waals surface area (Å²) in [4.78, 5) is 39.5. The van der Waals surface area contributed by atoms with Gasteiger partial charge < -0.3 is 24.4 Å². The second-order valence-corrected chi connectivity index (χ2v) is 7.25. The molecule has 0 saturated carbocycles. The highest BCUT2D eigenvalue weighted by Gasteiger charge is 2.29. The fourth-order valence-corrected chi connectivity index (χ4v) is 3.29. The van der Waals surface area contributed by atoms with Gasteiger partial charge in [-0.25, -0.2) is 9.59 Å². The zero-order chi connectivity index (χ0) is 24.5. The van der Waals surface area contributed by atoms with Gasteiger partial charge in [-0.3, -0.25) is 4.79 Å². The Labute approximate surface area is 198 Å². The number of nitrogens with one attached hydrogen (secondary N) is 1. The molecule has 2 aromatic rings. The van der Waals surface area contributed by atoms with Crippen molar-refractivity contribution in [2.75, 3.05) is 32.3 Å². The van der Waals surface area contributed by atoms with Crippen molar-refractivity contribution in [2.24, 2.45) is 0 Å². The molecule has 1 amide bonds. The fourth-order valence-electron chi connectivity index (χ4n) is 3.29. The van der Waals surface area contributed by atoms with Crippen LogP contribution in [0.25, 0.3) is 0 Å². The largest absolute Gasteiger partial charge is 0.492 e. The lowest BCUT2D eigenvalue weighted by Gasteiger charge is -2.25. The molecule has 0 bridgehead atoms. The van der Waals surface area contributed by atoms with Crippen molar-refractivity contribution in [3.63, 3.8) is 0 Å². The number of aryl methyl sites for hydroxylation is 1. The molecule has 176 valence electrons. The smallest absolute Gasteiger partial charge is 0.355 e. The normalized spacial score (nSPS) is 12.7. The van der Waals surface area contributed by atoms with Crippen LogP contribution in [-0.4, -0.2) is 45.2 Å². The number of carbonyl (C=O) groups excluding carboxylic acids is 3. The number of rotatable bonds is 8. The van der Waals surface area contributed by atoms with Gasteiger partial charge in [-0.2, -0.15) is 0 Å². The maximum absolute atomic E-state index is 13.0. The van der Waals surface area contributed by atoms with E-state index in [0.717, 1.165) is 5.56 Å². The summed E-state index contributed by atoms with van der Waals surface area (Å²) < 4.78 is 15.4. The highest BCUT2D eigenvalue weighted by molar-refractivity contribution is 6.07. The van der Waals surface area contributed by atoms with E-state index in [1.165, 1.54) is 25.2 Å². The Morgan fingerprint density at radius 1 is 0.912 bits per heavy atom. The summed E-state index contributed by atoms with van der Waals surface area (Å²) in [6.45, 7) is 2.54. The number of allylic oxidation sites excluding steroid dienone is 2. The first-order chi connectivity index (χ1) is 16.5. The first-order valence-electron chi connectivity index (χ1n) is 10.6. The number of nitrogens with zero attached hydrogens (tertiary/aromatic N) is 1. The lowest BCUT2D eigenvalue weighted by Crippen LogP contribution is -2.32. The third-order valence-electron chi connectivity index (χ3n) is 4.97. The molecule has 34 heavy (non-hydrogen) atoms. The predicted molar refractivity (Wildman–Crippen MR) is 127 cm³/mol. The molecule has 1 aliphatic rings. The maximum atomic E-state index is 13.0. The molecule has 2 aromatic carbocycles. The number of hydrogen-bond acceptors (Lipinski definition) is 7. The summed E-state index contributed by atoms with van der Waals surface area (Å²) in [5.74, 6) is -1.11. The van der Waals surface area contributed by atoms with Gasteiger partial charge in [-0.15, -0.1) is 0 Å². The van der Waals surface area contributed by atoms with Crippen LogP contribution < -0.4 is 15.0 Å². The first kappa shape index (κ1) is 24.3. The average Bonchev–Trinajstić information content (AvgIpc) is 3.09. The van der Waals surface area contributed by atoms with Gasteiger partial charge in [0.15, 0.2) is 0 Å². The van der Waals surface area contributed by atoms with Gasteiger partial charge in [-0.05, 0) is 43.3 Å². The summed E-state index contributed by atoms with van der Waals surface area (Å²) in [5, 5.41) is 2.82. The monoisotopic (exact) mass is 462 g/mol. The van der Waals surface area contributed by atoms with E-state index in [2.05, 4.69) is 5.32 Å². The lowest BCUT2D eigenvalue weighted by atomic mass is 10.1. The summed E-state index contributed by atoms with van der Waals surface area (Å²) in [6.07, 6.45) is 6.27. The van der Waals surface area contributed by atoms with E-state index in [0.29, 0.717) is 17.0 Å². The number of methoxy groups -OCH3 is 2. The minimum absolute atomic E-state index is 0.000981. The van der Waals surface area contributed by atoms with Gasteiger partial charge in [0, 0.05) is 6.20 Å². The highest BCUT2D eigenvalue weighted by Crippen LogP contribution is 2.29. The predicted octanol–water partition coefficient (Wildman–Crippen LogP) is 3.29. The van der Waals surface area contributed by atoms with Crippen molar-refractivity contribution >= 4 is 23.5 Å². The second kappa shape index (κ2) is 11.5. The van der Waals surface area contributed by atoms with E-state index in [1.807, 2.05) is 31.2 Å². The summed E-state index contributed by atoms with van der Waals surface area (Å²) in [7, 11) is 2.44. The Bertz CT molecular complexity index is 1150. The third-order valence-corrected chi connectivity index (χ3v) is 4.97. The van der Waals surface area contributed by atoms with Crippen molar-refractivity contribution in [2.45, 2.75) is 6.92 Å². The number of carbonyl (C=O) groups is 3. The van der Waals surface area contributed by atoms with Crippen LogP contribution >= 0.6 is 0 Å². The molecule has 1 aliphatic heterocycles. The van der Waals surface area contributed by atoms with E-state index in [-0.39, 0.29) is 30.3 Å². The third kappa shape index (κ3) is 5.72.